The van der Waals surface area contributed by atoms with E-state index < -0.39 is 17.4 Å². The minimum absolute atomic E-state index is 0.163. The molecule has 1 amide bonds. The second-order valence-corrected chi connectivity index (χ2v) is 5.86. The van der Waals surface area contributed by atoms with Crippen LogP contribution in [0.1, 0.15) is 38.8 Å². The number of rotatable bonds is 4. The normalized spacial score (nSPS) is 12.8. The number of benzene rings is 1. The molecule has 0 saturated heterocycles. The van der Waals surface area contributed by atoms with Crippen LogP contribution in [-0.4, -0.2) is 17.0 Å². The lowest BCUT2D eigenvalue weighted by molar-refractivity contribution is -0.138. The molecule has 4 nitrogen and oxygen atoms in total. The Hall–Kier alpha value is -1.55. The van der Waals surface area contributed by atoms with Gasteiger partial charge in [-0.3, -0.25) is 9.59 Å². The largest absolute Gasteiger partial charge is 0.481 e. The van der Waals surface area contributed by atoms with E-state index in [0.29, 0.717) is 5.02 Å². The Labute approximate surface area is 117 Å². The van der Waals surface area contributed by atoms with Crippen molar-refractivity contribution in [1.82, 2.24) is 5.32 Å². The van der Waals surface area contributed by atoms with E-state index in [-0.39, 0.29) is 12.3 Å². The zero-order valence-electron chi connectivity index (χ0n) is 11.2. The lowest BCUT2D eigenvalue weighted by Crippen LogP contribution is -2.38. The van der Waals surface area contributed by atoms with Crippen molar-refractivity contribution in [3.05, 3.63) is 34.9 Å². The summed E-state index contributed by atoms with van der Waals surface area (Å²) in [6, 6.07) is 6.24. The molecule has 0 aliphatic carbocycles. The second-order valence-electron chi connectivity index (χ2n) is 5.43. The molecule has 0 fully saturated rings. The van der Waals surface area contributed by atoms with Gasteiger partial charge in [-0.1, -0.05) is 44.5 Å². The van der Waals surface area contributed by atoms with Crippen LogP contribution in [0.15, 0.2) is 24.3 Å². The molecule has 0 aliphatic rings. The van der Waals surface area contributed by atoms with Gasteiger partial charge in [0.1, 0.15) is 0 Å². The van der Waals surface area contributed by atoms with Gasteiger partial charge in [-0.25, -0.2) is 0 Å². The first-order chi connectivity index (χ1) is 8.70. The Kier molecular flexibility index (Phi) is 4.95. The highest BCUT2D eigenvalue weighted by molar-refractivity contribution is 6.30. The highest BCUT2D eigenvalue weighted by Crippen LogP contribution is 2.22. The van der Waals surface area contributed by atoms with Gasteiger partial charge in [0.25, 0.3) is 0 Å². The number of halogens is 1. The molecule has 2 N–H and O–H groups in total. The molecule has 1 unspecified atom stereocenters. The van der Waals surface area contributed by atoms with Gasteiger partial charge < -0.3 is 10.4 Å². The summed E-state index contributed by atoms with van der Waals surface area (Å²) in [6.07, 6.45) is -0.163. The molecule has 0 radical (unpaired) electrons. The Morgan fingerprint density at radius 3 is 2.21 bits per heavy atom. The third kappa shape index (κ3) is 4.91. The van der Waals surface area contributed by atoms with Crippen molar-refractivity contribution in [3.63, 3.8) is 0 Å². The maximum atomic E-state index is 12.0. The number of hydrogen-bond donors (Lipinski definition) is 2. The van der Waals surface area contributed by atoms with E-state index in [1.54, 1.807) is 45.0 Å². The zero-order chi connectivity index (χ0) is 14.6. The van der Waals surface area contributed by atoms with E-state index in [1.165, 1.54) is 0 Å². The van der Waals surface area contributed by atoms with Crippen LogP contribution in [0.4, 0.5) is 0 Å². The SMILES string of the molecule is CC(C)(C)C(=O)NC(CC(=O)O)c1ccc(Cl)cc1. The van der Waals surface area contributed by atoms with Crippen LogP contribution in [0.2, 0.25) is 5.02 Å². The van der Waals surface area contributed by atoms with E-state index >= 15 is 0 Å². The fourth-order valence-electron chi connectivity index (χ4n) is 1.50. The number of amides is 1. The van der Waals surface area contributed by atoms with Crippen molar-refractivity contribution >= 4 is 23.5 Å². The maximum absolute atomic E-state index is 12.0. The number of carbonyl (C=O) groups is 2. The molecule has 1 aromatic carbocycles. The van der Waals surface area contributed by atoms with Crippen molar-refractivity contribution in [3.8, 4) is 0 Å². The third-order valence-electron chi connectivity index (χ3n) is 2.64. The van der Waals surface area contributed by atoms with Gasteiger partial charge in [0, 0.05) is 10.4 Å². The van der Waals surface area contributed by atoms with Gasteiger partial charge in [-0.05, 0) is 17.7 Å². The number of carboxylic acid groups (broad SMARTS) is 1. The fraction of sp³-hybridized carbons (Fsp3) is 0.429. The summed E-state index contributed by atoms with van der Waals surface area (Å²) in [4.78, 5) is 22.9. The molecule has 0 spiro atoms. The summed E-state index contributed by atoms with van der Waals surface area (Å²) in [6.45, 7) is 5.34. The Bertz CT molecular complexity index is 463. The molecular weight excluding hydrogens is 266 g/mol. The minimum atomic E-state index is -0.964. The Balaban J connectivity index is 2.92. The first kappa shape index (κ1) is 15.5. The summed E-state index contributed by atoms with van der Waals surface area (Å²) >= 11 is 5.80. The Morgan fingerprint density at radius 2 is 1.79 bits per heavy atom. The summed E-state index contributed by atoms with van der Waals surface area (Å²) in [5, 5.41) is 12.3. The number of carboxylic acids is 1. The monoisotopic (exact) mass is 283 g/mol. The van der Waals surface area contributed by atoms with E-state index in [1.807, 2.05) is 0 Å². The smallest absolute Gasteiger partial charge is 0.305 e. The third-order valence-corrected chi connectivity index (χ3v) is 2.89. The molecule has 0 heterocycles. The fourth-order valence-corrected chi connectivity index (χ4v) is 1.62. The molecule has 5 heteroatoms. The van der Waals surface area contributed by atoms with Crippen molar-refractivity contribution in [1.29, 1.82) is 0 Å². The highest BCUT2D eigenvalue weighted by atomic mass is 35.5. The summed E-state index contributed by atoms with van der Waals surface area (Å²) in [5.41, 5.74) is 0.160. The van der Waals surface area contributed by atoms with Crippen LogP contribution < -0.4 is 5.32 Å². The average molecular weight is 284 g/mol. The highest BCUT2D eigenvalue weighted by Gasteiger charge is 2.25. The number of aliphatic carboxylic acids is 1. The van der Waals surface area contributed by atoms with E-state index in [4.69, 9.17) is 16.7 Å². The molecule has 1 rings (SSSR count). The molecule has 0 bridgehead atoms. The van der Waals surface area contributed by atoms with Gasteiger partial charge in [-0.15, -0.1) is 0 Å². The van der Waals surface area contributed by atoms with E-state index in [2.05, 4.69) is 5.32 Å². The molecule has 104 valence electrons. The molecular formula is C14H18ClNO3. The van der Waals surface area contributed by atoms with Crippen LogP contribution in [-0.2, 0) is 9.59 Å². The van der Waals surface area contributed by atoms with Gasteiger partial charge in [0.2, 0.25) is 5.91 Å². The van der Waals surface area contributed by atoms with Crippen LogP contribution in [0, 0.1) is 5.41 Å². The lowest BCUT2D eigenvalue weighted by Gasteiger charge is -2.23. The van der Waals surface area contributed by atoms with Crippen molar-refractivity contribution in [2.24, 2.45) is 5.41 Å². The maximum Gasteiger partial charge on any atom is 0.305 e. The lowest BCUT2D eigenvalue weighted by atomic mass is 9.94. The molecule has 1 aromatic rings. The summed E-state index contributed by atoms with van der Waals surface area (Å²) in [7, 11) is 0. The number of hydrogen-bond acceptors (Lipinski definition) is 2. The van der Waals surface area contributed by atoms with E-state index in [9.17, 15) is 9.59 Å². The van der Waals surface area contributed by atoms with Gasteiger partial charge >= 0.3 is 5.97 Å². The van der Waals surface area contributed by atoms with Crippen LogP contribution in [0.3, 0.4) is 0 Å². The summed E-state index contributed by atoms with van der Waals surface area (Å²) < 4.78 is 0. The second kappa shape index (κ2) is 6.06. The number of nitrogens with one attached hydrogen (secondary N) is 1. The van der Waals surface area contributed by atoms with Crippen molar-refractivity contribution in [2.75, 3.05) is 0 Å². The standard InChI is InChI=1S/C14H18ClNO3/c1-14(2,3)13(19)16-11(8-12(17)18)9-4-6-10(15)7-5-9/h4-7,11H,8H2,1-3H3,(H,16,19)(H,17,18). The van der Waals surface area contributed by atoms with Crippen LogP contribution in [0.5, 0.6) is 0 Å². The molecule has 1 atom stereocenters. The first-order valence-corrected chi connectivity index (χ1v) is 6.36. The number of carbonyl (C=O) groups excluding carboxylic acids is 1. The zero-order valence-corrected chi connectivity index (χ0v) is 12.0. The van der Waals surface area contributed by atoms with Crippen molar-refractivity contribution < 1.29 is 14.7 Å². The van der Waals surface area contributed by atoms with Gasteiger partial charge in [0.15, 0.2) is 0 Å². The molecule has 0 aliphatic heterocycles. The average Bonchev–Trinajstić information content (AvgIpc) is 2.27. The topological polar surface area (TPSA) is 66.4 Å². The summed E-state index contributed by atoms with van der Waals surface area (Å²) in [5.74, 6) is -1.15. The first-order valence-electron chi connectivity index (χ1n) is 5.98. The molecule has 0 aromatic heterocycles. The van der Waals surface area contributed by atoms with Crippen LogP contribution >= 0.6 is 11.6 Å². The molecule has 0 saturated carbocycles. The van der Waals surface area contributed by atoms with Gasteiger partial charge in [0.05, 0.1) is 12.5 Å². The molecule has 19 heavy (non-hydrogen) atoms. The minimum Gasteiger partial charge on any atom is -0.481 e. The van der Waals surface area contributed by atoms with Crippen molar-refractivity contribution in [2.45, 2.75) is 33.2 Å². The van der Waals surface area contributed by atoms with Gasteiger partial charge in [-0.2, -0.15) is 0 Å². The Morgan fingerprint density at radius 1 is 1.26 bits per heavy atom. The van der Waals surface area contributed by atoms with Crippen LogP contribution in [0.25, 0.3) is 0 Å². The predicted octanol–water partition coefficient (Wildman–Crippen LogP) is 3.02. The predicted molar refractivity (Wildman–Crippen MR) is 74.0 cm³/mol. The van der Waals surface area contributed by atoms with E-state index in [0.717, 1.165) is 5.56 Å². The quantitative estimate of drug-likeness (QED) is 0.892.